The molecular weight excluding hydrogens is 805 g/mol. The van der Waals surface area contributed by atoms with E-state index in [-0.39, 0.29) is 32.5 Å². The number of unbranched alkanes of at least 4 members (excludes halogenated alkanes) is 1. The topological polar surface area (TPSA) is 219 Å². The van der Waals surface area contributed by atoms with Crippen LogP contribution in [0.3, 0.4) is 0 Å². The molecule has 0 aliphatic carbocycles. The molecule has 5 rings (SSSR count). The molecule has 0 bridgehead atoms. The summed E-state index contributed by atoms with van der Waals surface area (Å²) in [5.41, 5.74) is 9.34. The second-order valence-corrected chi connectivity index (χ2v) is 15.2. The number of esters is 2. The third-order valence-corrected chi connectivity index (χ3v) is 10.4. The average Bonchev–Trinajstić information content (AvgIpc) is 3.70. The van der Waals surface area contributed by atoms with Gasteiger partial charge in [-0.3, -0.25) is 33.6 Å². The number of hydrogen-bond acceptors (Lipinski definition) is 9. The van der Waals surface area contributed by atoms with Gasteiger partial charge in [-0.1, -0.05) is 129 Å². The van der Waals surface area contributed by atoms with Crippen LogP contribution < -0.4 is 21.7 Å². The number of aromatic amines is 1. The standard InChI is InChI=1S/C48H54N6O9/c1-3-4-24-41(47(60)53-39(27-43(56)62-30-33-18-10-6-11-19-33)46(59)52-38(45(49)58)25-32-16-8-5-9-17-32)54(2)48(61)40(26-35-29-50-37-23-15-14-22-36(35)37)51-42(55)28-44(57)63-31-34-20-12-7-13-21-34/h5-23,29,38-41,50H,3-4,24-28,30-31H2,1-2H3,(H2,49,58)(H,51,55)(H,52,59)(H,53,60)/t38-,39-,40-,41-/m0/s1. The molecule has 15 heteroatoms. The molecule has 1 heterocycles. The Morgan fingerprint density at radius 3 is 1.81 bits per heavy atom. The van der Waals surface area contributed by atoms with E-state index in [0.717, 1.165) is 16.5 Å². The molecule has 0 radical (unpaired) electrons. The number of ether oxygens (including phenoxy) is 2. The fraction of sp³-hybridized carbons (Fsp3) is 0.312. The fourth-order valence-electron chi connectivity index (χ4n) is 6.97. The van der Waals surface area contributed by atoms with Crippen LogP contribution in [0.2, 0.25) is 0 Å². The number of para-hydroxylation sites is 1. The molecular formula is C48H54N6O9. The molecule has 0 spiro atoms. The Balaban J connectivity index is 1.36. The highest BCUT2D eigenvalue weighted by Crippen LogP contribution is 2.21. The monoisotopic (exact) mass is 858 g/mol. The highest BCUT2D eigenvalue weighted by Gasteiger charge is 2.36. The Morgan fingerprint density at radius 2 is 1.21 bits per heavy atom. The van der Waals surface area contributed by atoms with Crippen molar-refractivity contribution in [2.24, 2.45) is 5.73 Å². The van der Waals surface area contributed by atoms with E-state index in [1.807, 2.05) is 43.3 Å². The number of benzene rings is 4. The molecule has 0 aliphatic heterocycles. The van der Waals surface area contributed by atoms with Crippen LogP contribution in [0.15, 0.2) is 121 Å². The van der Waals surface area contributed by atoms with Gasteiger partial charge in [-0.15, -0.1) is 0 Å². The Bertz CT molecular complexity index is 2320. The lowest BCUT2D eigenvalue weighted by atomic mass is 10.0. The molecule has 0 saturated heterocycles. The molecule has 4 atom stereocenters. The zero-order valence-corrected chi connectivity index (χ0v) is 35.4. The molecule has 330 valence electrons. The van der Waals surface area contributed by atoms with Crippen LogP contribution in [0.4, 0.5) is 0 Å². The first kappa shape index (κ1) is 46.8. The van der Waals surface area contributed by atoms with E-state index in [2.05, 4.69) is 20.9 Å². The summed E-state index contributed by atoms with van der Waals surface area (Å²) in [4.78, 5) is 99.2. The molecule has 0 aliphatic rings. The molecule has 63 heavy (non-hydrogen) atoms. The van der Waals surface area contributed by atoms with Crippen molar-refractivity contribution in [3.8, 4) is 0 Å². The summed E-state index contributed by atoms with van der Waals surface area (Å²) in [5, 5.41) is 8.75. The molecule has 0 fully saturated rings. The van der Waals surface area contributed by atoms with Gasteiger partial charge < -0.3 is 41.0 Å². The minimum absolute atomic E-state index is 0.00564. The first-order valence-corrected chi connectivity index (χ1v) is 20.9. The lowest BCUT2D eigenvalue weighted by Gasteiger charge is -2.32. The number of nitrogens with two attached hydrogens (primary N) is 1. The molecule has 6 N–H and O–H groups in total. The van der Waals surface area contributed by atoms with E-state index < -0.39 is 78.5 Å². The van der Waals surface area contributed by atoms with Gasteiger partial charge in [0, 0.05) is 37.0 Å². The van der Waals surface area contributed by atoms with Gasteiger partial charge in [0.05, 0.1) is 6.42 Å². The Hall–Kier alpha value is -7.29. The summed E-state index contributed by atoms with van der Waals surface area (Å²) in [5.74, 6) is -5.49. The third-order valence-electron chi connectivity index (χ3n) is 10.4. The number of nitrogens with one attached hydrogen (secondary N) is 4. The first-order valence-electron chi connectivity index (χ1n) is 20.9. The summed E-state index contributed by atoms with van der Waals surface area (Å²) < 4.78 is 10.8. The Labute approximate surface area is 366 Å². The lowest BCUT2D eigenvalue weighted by molar-refractivity contribution is -0.149. The fourth-order valence-corrected chi connectivity index (χ4v) is 6.97. The molecule has 0 unspecified atom stereocenters. The van der Waals surface area contributed by atoms with Gasteiger partial charge in [0.25, 0.3) is 0 Å². The summed E-state index contributed by atoms with van der Waals surface area (Å²) in [7, 11) is 1.41. The quantitative estimate of drug-likeness (QED) is 0.0470. The second-order valence-electron chi connectivity index (χ2n) is 15.2. The molecule has 1 aromatic heterocycles. The number of H-pyrrole nitrogens is 1. The molecule has 4 aromatic carbocycles. The zero-order chi connectivity index (χ0) is 45.1. The van der Waals surface area contributed by atoms with E-state index in [1.165, 1.54) is 11.9 Å². The van der Waals surface area contributed by atoms with Crippen molar-refractivity contribution in [3.63, 3.8) is 0 Å². The molecule has 15 nitrogen and oxygen atoms in total. The minimum atomic E-state index is -1.55. The third kappa shape index (κ3) is 14.4. The number of nitrogens with zero attached hydrogens (tertiary/aromatic N) is 1. The Morgan fingerprint density at radius 1 is 0.651 bits per heavy atom. The number of rotatable bonds is 23. The number of aromatic nitrogens is 1. The number of carbonyl (C=O) groups excluding carboxylic acids is 7. The molecule has 5 aromatic rings. The van der Waals surface area contributed by atoms with Crippen LogP contribution in [-0.2, 0) is 69.1 Å². The maximum atomic E-state index is 14.6. The van der Waals surface area contributed by atoms with Gasteiger partial charge in [0.1, 0.15) is 43.8 Å². The summed E-state index contributed by atoms with van der Waals surface area (Å²) in [6.45, 7) is 1.77. The number of amides is 5. The number of carbonyl (C=O) groups is 7. The van der Waals surface area contributed by atoms with Crippen molar-refractivity contribution in [2.45, 2.75) is 89.3 Å². The predicted octanol–water partition coefficient (Wildman–Crippen LogP) is 4.18. The van der Waals surface area contributed by atoms with Gasteiger partial charge in [0.15, 0.2) is 0 Å². The minimum Gasteiger partial charge on any atom is -0.461 e. The van der Waals surface area contributed by atoms with E-state index in [1.54, 1.807) is 85.1 Å². The normalized spacial score (nSPS) is 12.8. The van der Waals surface area contributed by atoms with Crippen molar-refractivity contribution in [1.82, 2.24) is 25.8 Å². The van der Waals surface area contributed by atoms with E-state index in [4.69, 9.17) is 15.2 Å². The summed E-state index contributed by atoms with van der Waals surface area (Å²) >= 11 is 0. The average molecular weight is 859 g/mol. The van der Waals surface area contributed by atoms with Gasteiger partial charge >= 0.3 is 11.9 Å². The number of fused-ring (bicyclic) bond motifs is 1. The first-order chi connectivity index (χ1) is 30.4. The molecule has 0 saturated carbocycles. The van der Waals surface area contributed by atoms with Crippen molar-refractivity contribution >= 4 is 52.4 Å². The van der Waals surface area contributed by atoms with Crippen LogP contribution in [0.1, 0.15) is 61.3 Å². The molecule has 5 amide bonds. The van der Waals surface area contributed by atoms with E-state index >= 15 is 0 Å². The second kappa shape index (κ2) is 23.6. The number of hydrogen-bond donors (Lipinski definition) is 5. The van der Waals surface area contributed by atoms with Crippen LogP contribution in [0, 0.1) is 0 Å². The van der Waals surface area contributed by atoms with E-state index in [0.29, 0.717) is 29.5 Å². The van der Waals surface area contributed by atoms with Gasteiger partial charge in [-0.25, -0.2) is 0 Å². The summed E-state index contributed by atoms with van der Waals surface area (Å²) in [6, 6.07) is 29.0. The highest BCUT2D eigenvalue weighted by atomic mass is 16.5. The number of primary amides is 1. The Kier molecular flexibility index (Phi) is 17.5. The van der Waals surface area contributed by atoms with Gasteiger partial charge in [-0.05, 0) is 34.7 Å². The van der Waals surface area contributed by atoms with Crippen molar-refractivity contribution in [2.75, 3.05) is 7.05 Å². The number of likely N-dealkylation sites (N-methyl/N-ethyl adjacent to an activating group) is 1. The van der Waals surface area contributed by atoms with Crippen LogP contribution >= 0.6 is 0 Å². The maximum absolute atomic E-state index is 14.6. The van der Waals surface area contributed by atoms with Crippen molar-refractivity contribution in [3.05, 3.63) is 144 Å². The van der Waals surface area contributed by atoms with Crippen molar-refractivity contribution in [1.29, 1.82) is 0 Å². The SMILES string of the molecule is CCCC[C@@H](C(=O)N[C@@H](CC(=O)OCc1ccccc1)C(=O)N[C@@H](Cc1ccccc1)C(N)=O)N(C)C(=O)[C@H](Cc1c[nH]c2ccccc12)NC(=O)CC(=O)OCc1ccccc1. The largest absolute Gasteiger partial charge is 0.461 e. The summed E-state index contributed by atoms with van der Waals surface area (Å²) in [6.07, 6.45) is 1.76. The van der Waals surface area contributed by atoms with Gasteiger partial charge in [0.2, 0.25) is 29.5 Å². The van der Waals surface area contributed by atoms with Crippen LogP contribution in [-0.4, -0.2) is 82.6 Å². The van der Waals surface area contributed by atoms with Crippen LogP contribution in [0.25, 0.3) is 10.9 Å². The van der Waals surface area contributed by atoms with Crippen molar-refractivity contribution < 1.29 is 43.0 Å². The van der Waals surface area contributed by atoms with E-state index in [9.17, 15) is 33.6 Å². The van der Waals surface area contributed by atoms with Crippen LogP contribution in [0.5, 0.6) is 0 Å². The zero-order valence-electron chi connectivity index (χ0n) is 35.4. The van der Waals surface area contributed by atoms with Gasteiger partial charge in [-0.2, -0.15) is 0 Å². The lowest BCUT2D eigenvalue weighted by Crippen LogP contribution is -2.59. The highest BCUT2D eigenvalue weighted by molar-refractivity contribution is 5.99. The smallest absolute Gasteiger partial charge is 0.315 e. The predicted molar refractivity (Wildman–Crippen MR) is 235 cm³/mol. The maximum Gasteiger partial charge on any atom is 0.315 e.